The van der Waals surface area contributed by atoms with Crippen LogP contribution in [0.3, 0.4) is 0 Å². The average molecular weight is 279 g/mol. The van der Waals surface area contributed by atoms with Crippen LogP contribution < -0.4 is 0 Å². The molecular formula is C10H11ClO3S2. The molecule has 88 valence electrons. The molecule has 0 aromatic carbocycles. The van der Waals surface area contributed by atoms with E-state index in [2.05, 4.69) is 0 Å². The van der Waals surface area contributed by atoms with Crippen molar-refractivity contribution in [1.29, 1.82) is 0 Å². The first-order chi connectivity index (χ1) is 7.50. The molecule has 1 unspecified atom stereocenters. The van der Waals surface area contributed by atoms with Gasteiger partial charge in [0.15, 0.2) is 15.6 Å². The third-order valence-corrected chi connectivity index (χ3v) is 6.11. The van der Waals surface area contributed by atoms with Gasteiger partial charge in [-0.1, -0.05) is 18.0 Å². The highest BCUT2D eigenvalue weighted by atomic mass is 35.5. The molecule has 0 bridgehead atoms. The lowest BCUT2D eigenvalue weighted by molar-refractivity contribution is 0.0985. The van der Waals surface area contributed by atoms with Gasteiger partial charge in [-0.3, -0.25) is 4.79 Å². The monoisotopic (exact) mass is 278 g/mol. The lowest BCUT2D eigenvalue weighted by Crippen LogP contribution is -2.35. The van der Waals surface area contributed by atoms with Gasteiger partial charge in [-0.05, 0) is 25.0 Å². The molecule has 0 saturated carbocycles. The minimum Gasteiger partial charge on any atom is -0.292 e. The van der Waals surface area contributed by atoms with Crippen molar-refractivity contribution in [3.05, 3.63) is 21.3 Å². The van der Waals surface area contributed by atoms with Crippen molar-refractivity contribution in [2.45, 2.75) is 24.5 Å². The smallest absolute Gasteiger partial charge is 0.190 e. The maximum absolute atomic E-state index is 12.0. The molecule has 1 atom stereocenters. The van der Waals surface area contributed by atoms with Crippen molar-refractivity contribution >= 4 is 38.6 Å². The molecule has 0 amide bonds. The fraction of sp³-hybridized carbons (Fsp3) is 0.500. The zero-order valence-corrected chi connectivity index (χ0v) is 10.9. The molecule has 2 rings (SSSR count). The number of halogens is 1. The Labute approximate surface area is 103 Å². The molecule has 0 aliphatic carbocycles. The number of ketones is 1. The van der Waals surface area contributed by atoms with Gasteiger partial charge in [-0.2, -0.15) is 0 Å². The summed E-state index contributed by atoms with van der Waals surface area (Å²) in [6.45, 7) is 0. The summed E-state index contributed by atoms with van der Waals surface area (Å²) >= 11 is 6.87. The standard InChI is InChI=1S/C10H11ClO3S2/c11-9-5-4-7(15-9)10(12)8-3-1-2-6-16(8,13)14/h4-5,8H,1-3,6H2. The summed E-state index contributed by atoms with van der Waals surface area (Å²) < 4.78 is 24.0. The first-order valence-corrected chi connectivity index (χ1v) is 7.93. The normalized spacial score (nSPS) is 24.2. The van der Waals surface area contributed by atoms with Gasteiger partial charge in [0.05, 0.1) is 15.0 Å². The van der Waals surface area contributed by atoms with Gasteiger partial charge >= 0.3 is 0 Å². The molecule has 1 fully saturated rings. The van der Waals surface area contributed by atoms with E-state index in [1.54, 1.807) is 12.1 Å². The maximum Gasteiger partial charge on any atom is 0.190 e. The highest BCUT2D eigenvalue weighted by Gasteiger charge is 2.35. The molecule has 2 heterocycles. The molecular weight excluding hydrogens is 268 g/mol. The van der Waals surface area contributed by atoms with Gasteiger partial charge in [-0.25, -0.2) is 8.42 Å². The molecule has 1 aromatic heterocycles. The van der Waals surface area contributed by atoms with Gasteiger partial charge in [0.2, 0.25) is 0 Å². The fourth-order valence-electron chi connectivity index (χ4n) is 1.85. The van der Waals surface area contributed by atoms with Crippen LogP contribution in [0.5, 0.6) is 0 Å². The molecule has 1 saturated heterocycles. The van der Waals surface area contributed by atoms with Gasteiger partial charge in [0, 0.05) is 0 Å². The molecule has 1 aliphatic rings. The lowest BCUT2D eigenvalue weighted by Gasteiger charge is -2.20. The zero-order chi connectivity index (χ0) is 11.8. The first kappa shape index (κ1) is 12.1. The molecule has 6 heteroatoms. The Morgan fingerprint density at radius 3 is 2.69 bits per heavy atom. The number of sulfone groups is 1. The second-order valence-corrected chi connectivity index (χ2v) is 7.84. The second kappa shape index (κ2) is 4.47. The topological polar surface area (TPSA) is 51.2 Å². The van der Waals surface area contributed by atoms with Crippen LogP contribution in [-0.4, -0.2) is 25.2 Å². The Kier molecular flexibility index (Phi) is 3.37. The van der Waals surface area contributed by atoms with Gasteiger partial charge in [0.1, 0.15) is 5.25 Å². The lowest BCUT2D eigenvalue weighted by atomic mass is 10.1. The maximum atomic E-state index is 12.0. The van der Waals surface area contributed by atoms with Gasteiger partial charge < -0.3 is 0 Å². The Hall–Kier alpha value is -0.390. The van der Waals surface area contributed by atoms with E-state index in [4.69, 9.17) is 11.6 Å². The van der Waals surface area contributed by atoms with Crippen LogP contribution >= 0.6 is 22.9 Å². The van der Waals surface area contributed by atoms with E-state index in [0.717, 1.165) is 17.8 Å². The summed E-state index contributed by atoms with van der Waals surface area (Å²) in [5.41, 5.74) is 0. The SMILES string of the molecule is O=C(c1ccc(Cl)s1)C1CCCCS1(=O)=O. The predicted octanol–water partition coefficient (Wildman–Crippen LogP) is 2.55. The van der Waals surface area contributed by atoms with Crippen molar-refractivity contribution in [2.24, 2.45) is 0 Å². The van der Waals surface area contributed by atoms with Crippen molar-refractivity contribution < 1.29 is 13.2 Å². The molecule has 16 heavy (non-hydrogen) atoms. The van der Waals surface area contributed by atoms with Gasteiger partial charge in [-0.15, -0.1) is 11.3 Å². The molecule has 0 radical (unpaired) electrons. The van der Waals surface area contributed by atoms with E-state index in [0.29, 0.717) is 22.1 Å². The minimum absolute atomic E-state index is 0.127. The summed E-state index contributed by atoms with van der Waals surface area (Å²) in [5, 5.41) is -0.851. The number of carbonyl (C=O) groups is 1. The van der Waals surface area contributed by atoms with Gasteiger partial charge in [0.25, 0.3) is 0 Å². The third kappa shape index (κ3) is 2.31. The van der Waals surface area contributed by atoms with Crippen molar-refractivity contribution in [3.8, 4) is 0 Å². The molecule has 0 spiro atoms. The minimum atomic E-state index is -3.25. The van der Waals surface area contributed by atoms with E-state index < -0.39 is 15.1 Å². The Balaban J connectivity index is 2.28. The van der Waals surface area contributed by atoms with Crippen molar-refractivity contribution in [2.75, 3.05) is 5.75 Å². The second-order valence-electron chi connectivity index (χ2n) is 3.82. The van der Waals surface area contributed by atoms with Crippen LogP contribution in [0.4, 0.5) is 0 Å². The third-order valence-electron chi connectivity index (χ3n) is 2.69. The van der Waals surface area contributed by atoms with E-state index in [9.17, 15) is 13.2 Å². The summed E-state index contributed by atoms with van der Waals surface area (Å²) in [5.74, 6) is -0.167. The van der Waals surface area contributed by atoms with Crippen LogP contribution in [-0.2, 0) is 9.84 Å². The first-order valence-electron chi connectivity index (χ1n) is 5.02. The Bertz CT molecular complexity index is 504. The highest BCUT2D eigenvalue weighted by Crippen LogP contribution is 2.28. The number of hydrogen-bond acceptors (Lipinski definition) is 4. The summed E-state index contributed by atoms with van der Waals surface area (Å²) in [4.78, 5) is 12.4. The number of Topliss-reactive ketones (excluding diaryl/α,β-unsaturated/α-hetero) is 1. The van der Waals surface area contributed by atoms with E-state index in [1.165, 1.54) is 0 Å². The van der Waals surface area contributed by atoms with Crippen LogP contribution in [0.2, 0.25) is 4.34 Å². The summed E-state index contributed by atoms with van der Waals surface area (Å²) in [7, 11) is -3.25. The molecule has 0 N–H and O–H groups in total. The van der Waals surface area contributed by atoms with Crippen LogP contribution in [0, 0.1) is 0 Å². The number of rotatable bonds is 2. The van der Waals surface area contributed by atoms with Crippen LogP contribution in [0.15, 0.2) is 12.1 Å². The number of hydrogen-bond donors (Lipinski definition) is 0. The largest absolute Gasteiger partial charge is 0.292 e. The molecule has 1 aliphatic heterocycles. The predicted molar refractivity (Wildman–Crippen MR) is 65.1 cm³/mol. The molecule has 3 nitrogen and oxygen atoms in total. The Morgan fingerprint density at radius 1 is 1.38 bits per heavy atom. The summed E-state index contributed by atoms with van der Waals surface area (Å²) in [6, 6.07) is 3.22. The van der Waals surface area contributed by atoms with E-state index >= 15 is 0 Å². The quantitative estimate of drug-likeness (QED) is 0.781. The highest BCUT2D eigenvalue weighted by molar-refractivity contribution is 7.92. The van der Waals surface area contributed by atoms with Crippen LogP contribution in [0.25, 0.3) is 0 Å². The average Bonchev–Trinajstić information content (AvgIpc) is 2.63. The fourth-order valence-corrected chi connectivity index (χ4v) is 4.84. The van der Waals surface area contributed by atoms with Crippen molar-refractivity contribution in [3.63, 3.8) is 0 Å². The van der Waals surface area contributed by atoms with Crippen LogP contribution in [0.1, 0.15) is 28.9 Å². The van der Waals surface area contributed by atoms with E-state index in [-0.39, 0.29) is 11.5 Å². The summed E-state index contributed by atoms with van der Waals surface area (Å²) in [6.07, 6.45) is 1.91. The number of carbonyl (C=O) groups excluding carboxylic acids is 1. The molecule has 1 aromatic rings. The number of thiophene rings is 1. The zero-order valence-electron chi connectivity index (χ0n) is 8.48. The Morgan fingerprint density at radius 2 is 2.12 bits per heavy atom. The van der Waals surface area contributed by atoms with Crippen molar-refractivity contribution in [1.82, 2.24) is 0 Å². The van der Waals surface area contributed by atoms with E-state index in [1.807, 2.05) is 0 Å².